The maximum Gasteiger partial charge on any atom is 0.165 e. The van der Waals surface area contributed by atoms with Crippen molar-refractivity contribution in [2.75, 3.05) is 39.6 Å². The number of rotatable bonds is 30. The van der Waals surface area contributed by atoms with E-state index in [0.717, 1.165) is 59.5 Å². The fourth-order valence-corrected chi connectivity index (χ4v) is 6.48. The Labute approximate surface area is 295 Å². The molecule has 0 spiro atoms. The highest BCUT2D eigenvalue weighted by atomic mass is 16.6. The van der Waals surface area contributed by atoms with Crippen molar-refractivity contribution in [3.8, 4) is 23.0 Å². The zero-order chi connectivity index (χ0) is 33.9. The fraction of sp³-hybridized carbons (Fsp3) is 0.714. The lowest BCUT2D eigenvalue weighted by Gasteiger charge is -2.13. The third-order valence-electron chi connectivity index (χ3n) is 9.77. The summed E-state index contributed by atoms with van der Waals surface area (Å²) in [5.74, 6) is 2.92. The van der Waals surface area contributed by atoms with Gasteiger partial charge in [0.1, 0.15) is 36.6 Å². The Morgan fingerprint density at radius 2 is 0.776 bits per heavy atom. The summed E-state index contributed by atoms with van der Waals surface area (Å²) >= 11 is 0. The Bertz CT molecular complexity index is 1240. The van der Waals surface area contributed by atoms with Crippen LogP contribution >= 0.6 is 0 Å². The Balaban J connectivity index is 1.18. The SMILES string of the molecule is CCCCCCCCCCCCOc1cc2c(cc1OCC1CO1)oc1cc(OCC3CO3)c(OCCCCCCCCCCCC)cc12. The molecule has 2 saturated heterocycles. The second-order valence-corrected chi connectivity index (χ2v) is 14.3. The minimum atomic E-state index is 0.159. The second kappa shape index (κ2) is 21.5. The normalized spacial score (nSPS) is 16.8. The van der Waals surface area contributed by atoms with E-state index in [1.807, 2.05) is 12.1 Å². The molecule has 3 heterocycles. The van der Waals surface area contributed by atoms with Gasteiger partial charge in [0.2, 0.25) is 0 Å². The molecule has 2 aromatic carbocycles. The summed E-state index contributed by atoms with van der Waals surface area (Å²) in [5, 5.41) is 1.98. The fourth-order valence-electron chi connectivity index (χ4n) is 6.48. The summed E-state index contributed by atoms with van der Waals surface area (Å²) in [4.78, 5) is 0. The first-order chi connectivity index (χ1) is 24.2. The number of epoxide rings is 2. The Hall–Kier alpha value is -2.64. The van der Waals surface area contributed by atoms with E-state index in [-0.39, 0.29) is 12.2 Å². The molecule has 2 fully saturated rings. The molecule has 49 heavy (non-hydrogen) atoms. The molecule has 2 aliphatic rings. The Kier molecular flexibility index (Phi) is 16.5. The lowest BCUT2D eigenvalue weighted by Crippen LogP contribution is -2.06. The van der Waals surface area contributed by atoms with Crippen LogP contribution in [0.1, 0.15) is 142 Å². The van der Waals surface area contributed by atoms with Crippen molar-refractivity contribution >= 4 is 21.9 Å². The predicted molar refractivity (Wildman–Crippen MR) is 199 cm³/mol. The topological polar surface area (TPSA) is 75.1 Å². The van der Waals surface area contributed by atoms with Crippen LogP contribution in [0.15, 0.2) is 28.7 Å². The minimum Gasteiger partial charge on any atom is -0.490 e. The lowest BCUT2D eigenvalue weighted by molar-refractivity contribution is 0.239. The molecule has 0 radical (unpaired) electrons. The van der Waals surface area contributed by atoms with Gasteiger partial charge in [-0.25, -0.2) is 0 Å². The van der Waals surface area contributed by atoms with Gasteiger partial charge in [-0.1, -0.05) is 129 Å². The Morgan fingerprint density at radius 1 is 0.449 bits per heavy atom. The van der Waals surface area contributed by atoms with Gasteiger partial charge in [0.25, 0.3) is 0 Å². The van der Waals surface area contributed by atoms with Gasteiger partial charge in [0.05, 0.1) is 26.4 Å². The molecule has 0 saturated carbocycles. The van der Waals surface area contributed by atoms with Crippen molar-refractivity contribution in [1.29, 1.82) is 0 Å². The van der Waals surface area contributed by atoms with Gasteiger partial charge in [0.15, 0.2) is 23.0 Å². The van der Waals surface area contributed by atoms with Gasteiger partial charge in [0, 0.05) is 22.9 Å². The summed E-state index contributed by atoms with van der Waals surface area (Å²) in [7, 11) is 0. The molecule has 1 aromatic heterocycles. The van der Waals surface area contributed by atoms with Crippen molar-refractivity contribution < 1.29 is 32.8 Å². The second-order valence-electron chi connectivity index (χ2n) is 14.3. The van der Waals surface area contributed by atoms with Gasteiger partial charge >= 0.3 is 0 Å². The third-order valence-corrected chi connectivity index (χ3v) is 9.77. The monoisotopic (exact) mass is 680 g/mol. The van der Waals surface area contributed by atoms with E-state index in [2.05, 4.69) is 26.0 Å². The maximum absolute atomic E-state index is 6.38. The van der Waals surface area contributed by atoms with E-state index in [9.17, 15) is 0 Å². The smallest absolute Gasteiger partial charge is 0.165 e. The first kappa shape index (κ1) is 37.6. The molecule has 2 unspecified atom stereocenters. The zero-order valence-corrected chi connectivity index (χ0v) is 30.7. The first-order valence-electron chi connectivity index (χ1n) is 20.0. The highest BCUT2D eigenvalue weighted by molar-refractivity contribution is 6.07. The van der Waals surface area contributed by atoms with Crippen LogP contribution in [0.5, 0.6) is 23.0 Å². The zero-order valence-electron chi connectivity index (χ0n) is 30.7. The highest BCUT2D eigenvalue weighted by Gasteiger charge is 2.26. The molecule has 2 aliphatic heterocycles. The summed E-state index contributed by atoms with van der Waals surface area (Å²) in [6.45, 7) is 8.41. The molecule has 7 heteroatoms. The van der Waals surface area contributed by atoms with Crippen molar-refractivity contribution in [3.63, 3.8) is 0 Å². The van der Waals surface area contributed by atoms with Gasteiger partial charge < -0.3 is 32.8 Å². The molecular formula is C42H64O7. The van der Waals surface area contributed by atoms with Crippen molar-refractivity contribution in [2.24, 2.45) is 0 Å². The summed E-state index contributed by atoms with van der Waals surface area (Å²) < 4.78 is 42.3. The summed E-state index contributed by atoms with van der Waals surface area (Å²) in [6, 6.07) is 8.08. The standard InChI is InChI=1S/C42H64O7/c1-3-5-7-9-11-13-15-17-19-21-23-43-39-25-35-36-26-40(44-24-22-20-18-16-14-12-10-8-6-4-2)42(48-32-34-30-46-34)28-38(36)49-37(35)27-41(39)47-31-33-29-45-33/h25-28,33-34H,3-24,29-32H2,1-2H3. The third kappa shape index (κ3) is 13.5. The number of hydrogen-bond acceptors (Lipinski definition) is 7. The minimum absolute atomic E-state index is 0.159. The van der Waals surface area contributed by atoms with Crippen LogP contribution in [0.3, 0.4) is 0 Å². The average Bonchev–Trinajstić information content (AvgIpc) is 4.06. The van der Waals surface area contributed by atoms with Gasteiger partial charge in [-0.15, -0.1) is 0 Å². The molecule has 5 rings (SSSR count). The molecule has 7 nitrogen and oxygen atoms in total. The number of benzene rings is 2. The van der Waals surface area contributed by atoms with Gasteiger partial charge in [-0.05, 0) is 25.0 Å². The largest absolute Gasteiger partial charge is 0.490 e. The highest BCUT2D eigenvalue weighted by Crippen LogP contribution is 2.42. The number of hydrogen-bond donors (Lipinski definition) is 0. The van der Waals surface area contributed by atoms with Crippen molar-refractivity contribution in [2.45, 2.75) is 154 Å². The molecule has 2 atom stereocenters. The van der Waals surface area contributed by atoms with Gasteiger partial charge in [-0.2, -0.15) is 0 Å². The Morgan fingerprint density at radius 3 is 1.12 bits per heavy atom. The van der Waals surface area contributed by atoms with E-state index in [0.29, 0.717) is 37.9 Å². The van der Waals surface area contributed by atoms with E-state index in [4.69, 9.17) is 32.8 Å². The van der Waals surface area contributed by atoms with Gasteiger partial charge in [-0.3, -0.25) is 0 Å². The van der Waals surface area contributed by atoms with Crippen LogP contribution in [0.2, 0.25) is 0 Å². The van der Waals surface area contributed by atoms with Crippen molar-refractivity contribution in [3.05, 3.63) is 24.3 Å². The molecule has 0 bridgehead atoms. The van der Waals surface area contributed by atoms with Crippen LogP contribution in [-0.2, 0) is 9.47 Å². The van der Waals surface area contributed by atoms with Crippen LogP contribution in [0, 0.1) is 0 Å². The van der Waals surface area contributed by atoms with Crippen LogP contribution in [0.4, 0.5) is 0 Å². The maximum atomic E-state index is 6.38. The van der Waals surface area contributed by atoms with E-state index in [1.54, 1.807) is 0 Å². The molecule has 0 N–H and O–H groups in total. The van der Waals surface area contributed by atoms with Crippen LogP contribution in [0.25, 0.3) is 21.9 Å². The predicted octanol–water partition coefficient (Wildman–Crippen LogP) is 11.7. The number of furan rings is 1. The van der Waals surface area contributed by atoms with E-state index < -0.39 is 0 Å². The molecule has 0 amide bonds. The van der Waals surface area contributed by atoms with Crippen LogP contribution < -0.4 is 18.9 Å². The van der Waals surface area contributed by atoms with Crippen LogP contribution in [-0.4, -0.2) is 51.8 Å². The van der Waals surface area contributed by atoms with Crippen molar-refractivity contribution in [1.82, 2.24) is 0 Å². The number of fused-ring (bicyclic) bond motifs is 3. The molecule has 0 aliphatic carbocycles. The molecular weight excluding hydrogens is 616 g/mol. The number of unbranched alkanes of at least 4 members (excludes halogenated alkanes) is 18. The van der Waals surface area contributed by atoms with E-state index >= 15 is 0 Å². The molecule has 3 aromatic rings. The lowest BCUT2D eigenvalue weighted by atomic mass is 10.1. The van der Waals surface area contributed by atoms with E-state index in [1.165, 1.54) is 116 Å². The quantitative estimate of drug-likeness (QED) is 0.0512. The summed E-state index contributed by atoms with van der Waals surface area (Å²) in [5.41, 5.74) is 1.52. The molecule has 274 valence electrons. The average molecular weight is 681 g/mol. The summed E-state index contributed by atoms with van der Waals surface area (Å²) in [6.07, 6.45) is 26.3. The first-order valence-corrected chi connectivity index (χ1v) is 20.0. The number of ether oxygens (including phenoxy) is 6.